The molecule has 292 valence electrons. The van der Waals surface area contributed by atoms with Gasteiger partial charge in [-0.3, -0.25) is 29.6 Å². The zero-order valence-corrected chi connectivity index (χ0v) is 32.1. The fourth-order valence-electron chi connectivity index (χ4n) is 8.06. The average molecular weight is 777 g/mol. The SMILES string of the molecule is Cc1cc2c(N3CCCc4nc(-c5ccc(C(=O)NCC#Cc6ccc7occ(N8CCC(=O)NC8=O)c7c6)nc5)ncc43)cc(C3CCOCC3)cc2n(C)c1=O. The molecule has 3 aliphatic heterocycles. The zero-order valence-electron chi connectivity index (χ0n) is 32.1. The van der Waals surface area contributed by atoms with Gasteiger partial charge in [-0.25, -0.2) is 14.8 Å². The summed E-state index contributed by atoms with van der Waals surface area (Å²) < 4.78 is 13.0. The number of hydrogen-bond acceptors (Lipinski definition) is 10. The lowest BCUT2D eigenvalue weighted by molar-refractivity contribution is -0.120. The number of pyridine rings is 2. The molecule has 0 spiro atoms. The van der Waals surface area contributed by atoms with E-state index in [1.165, 1.54) is 16.7 Å². The van der Waals surface area contributed by atoms with Crippen molar-refractivity contribution in [2.24, 2.45) is 7.05 Å². The smallest absolute Gasteiger partial charge is 0.328 e. The molecule has 14 heteroatoms. The number of anilines is 3. The summed E-state index contributed by atoms with van der Waals surface area (Å²) in [5.74, 6) is 6.21. The lowest BCUT2D eigenvalue weighted by Crippen LogP contribution is -2.49. The monoisotopic (exact) mass is 776 g/mol. The maximum Gasteiger partial charge on any atom is 0.328 e. The van der Waals surface area contributed by atoms with E-state index in [1.54, 1.807) is 35.0 Å². The van der Waals surface area contributed by atoms with Crippen molar-refractivity contribution in [2.75, 3.05) is 42.6 Å². The highest BCUT2D eigenvalue weighted by Gasteiger charge is 2.28. The number of ether oxygens (including phenoxy) is 1. The highest BCUT2D eigenvalue weighted by molar-refractivity contribution is 6.09. The van der Waals surface area contributed by atoms with Crippen molar-refractivity contribution in [3.63, 3.8) is 0 Å². The molecular formula is C44H40N8O6. The number of furan rings is 1. The number of nitrogens with one attached hydrogen (secondary N) is 2. The van der Waals surface area contributed by atoms with Crippen LogP contribution >= 0.6 is 0 Å². The van der Waals surface area contributed by atoms with Gasteiger partial charge in [0, 0.05) is 73.4 Å². The van der Waals surface area contributed by atoms with Crippen LogP contribution in [0.3, 0.4) is 0 Å². The summed E-state index contributed by atoms with van der Waals surface area (Å²) in [6.07, 6.45) is 8.74. The van der Waals surface area contributed by atoms with Gasteiger partial charge in [-0.1, -0.05) is 11.8 Å². The molecule has 0 radical (unpaired) electrons. The number of benzene rings is 2. The second-order valence-electron chi connectivity index (χ2n) is 14.8. The number of amides is 4. The third kappa shape index (κ3) is 6.94. The van der Waals surface area contributed by atoms with Crippen molar-refractivity contribution in [3.8, 4) is 23.2 Å². The molecule has 2 N–H and O–H groups in total. The van der Waals surface area contributed by atoms with Crippen molar-refractivity contribution in [1.82, 2.24) is 30.2 Å². The summed E-state index contributed by atoms with van der Waals surface area (Å²) in [6, 6.07) is 14.8. The molecular weight excluding hydrogens is 737 g/mol. The second kappa shape index (κ2) is 15.2. The summed E-state index contributed by atoms with van der Waals surface area (Å²) in [7, 11) is 1.85. The van der Waals surface area contributed by atoms with Gasteiger partial charge >= 0.3 is 6.03 Å². The first-order valence-electron chi connectivity index (χ1n) is 19.4. The minimum atomic E-state index is -0.495. The number of rotatable bonds is 6. The maximum absolute atomic E-state index is 13.0. The van der Waals surface area contributed by atoms with Crippen LogP contribution in [0.5, 0.6) is 0 Å². The number of fused-ring (bicyclic) bond motifs is 3. The molecule has 0 atom stereocenters. The number of urea groups is 1. The summed E-state index contributed by atoms with van der Waals surface area (Å²) >= 11 is 0. The topological polar surface area (TPSA) is 165 Å². The van der Waals surface area contributed by atoms with E-state index in [4.69, 9.17) is 19.1 Å². The first-order chi connectivity index (χ1) is 28.2. The molecule has 2 aromatic carbocycles. The second-order valence-corrected chi connectivity index (χ2v) is 14.8. The molecule has 2 saturated heterocycles. The van der Waals surface area contributed by atoms with E-state index in [2.05, 4.69) is 44.5 Å². The van der Waals surface area contributed by atoms with Crippen molar-refractivity contribution in [2.45, 2.75) is 44.9 Å². The normalized spacial score (nSPS) is 15.9. The van der Waals surface area contributed by atoms with Gasteiger partial charge in [0.1, 0.15) is 17.5 Å². The third-order valence-corrected chi connectivity index (χ3v) is 11.2. The Kier molecular flexibility index (Phi) is 9.66. The van der Waals surface area contributed by atoms with Gasteiger partial charge in [-0.2, -0.15) is 0 Å². The summed E-state index contributed by atoms with van der Waals surface area (Å²) in [4.78, 5) is 67.9. The van der Waals surface area contributed by atoms with Crippen molar-refractivity contribution >= 4 is 56.8 Å². The fourth-order valence-corrected chi connectivity index (χ4v) is 8.06. The van der Waals surface area contributed by atoms with E-state index in [1.807, 2.05) is 32.3 Å². The van der Waals surface area contributed by atoms with Crippen LogP contribution in [-0.4, -0.2) is 70.2 Å². The van der Waals surface area contributed by atoms with E-state index in [0.717, 1.165) is 73.4 Å². The van der Waals surface area contributed by atoms with E-state index in [0.29, 0.717) is 45.1 Å². The first-order valence-corrected chi connectivity index (χ1v) is 19.4. The third-order valence-electron chi connectivity index (χ3n) is 11.2. The molecule has 0 bridgehead atoms. The molecule has 14 nitrogen and oxygen atoms in total. The Labute approximate surface area is 333 Å². The van der Waals surface area contributed by atoms with E-state index >= 15 is 0 Å². The Morgan fingerprint density at radius 3 is 2.60 bits per heavy atom. The number of aromatic nitrogens is 4. The van der Waals surface area contributed by atoms with Crippen LogP contribution in [0.1, 0.15) is 64.5 Å². The number of nitrogens with zero attached hydrogens (tertiary/aromatic N) is 6. The number of imide groups is 1. The van der Waals surface area contributed by atoms with Gasteiger partial charge in [0.05, 0.1) is 41.0 Å². The number of carbonyl (C=O) groups excluding carboxylic acids is 3. The minimum Gasteiger partial charge on any atom is -0.462 e. The molecule has 6 aromatic rings. The number of hydrogen-bond donors (Lipinski definition) is 2. The summed E-state index contributed by atoms with van der Waals surface area (Å²) in [5.41, 5.74) is 8.48. The van der Waals surface area contributed by atoms with Gasteiger partial charge in [0.2, 0.25) is 5.91 Å². The van der Waals surface area contributed by atoms with Crippen LogP contribution in [0.15, 0.2) is 76.4 Å². The molecule has 4 amide bonds. The van der Waals surface area contributed by atoms with Crippen LogP contribution in [0, 0.1) is 18.8 Å². The van der Waals surface area contributed by atoms with Crippen LogP contribution in [0.4, 0.5) is 21.9 Å². The van der Waals surface area contributed by atoms with Gasteiger partial charge in [0.25, 0.3) is 11.5 Å². The Hall–Kier alpha value is -6.85. The quantitative estimate of drug-likeness (QED) is 0.202. The molecule has 9 rings (SSSR count). The standard InChI is InChI=1S/C44H40N8O6/c1-26-19-31-35(50(2)43(26)55)21-30(28-12-17-57-18-13-28)22-36(31)51-15-4-6-33-37(51)24-47-41(48-33)29-8-9-34(46-23-29)42(54)45-14-3-5-27-7-10-39-32(20-27)38(25-58-39)52-16-11-40(53)49-44(52)56/h7-10,19-25,28H,4,6,11-18H2,1-2H3,(H,45,54)(H,49,53,56). The number of carbonyl (C=O) groups is 3. The average Bonchev–Trinajstić information content (AvgIpc) is 3.67. The van der Waals surface area contributed by atoms with Crippen LogP contribution in [0.25, 0.3) is 33.3 Å². The zero-order chi connectivity index (χ0) is 39.9. The van der Waals surface area contributed by atoms with Crippen molar-refractivity contribution in [1.29, 1.82) is 0 Å². The predicted octanol–water partition coefficient (Wildman–Crippen LogP) is 5.65. The van der Waals surface area contributed by atoms with Crippen molar-refractivity contribution in [3.05, 3.63) is 106 Å². The molecule has 3 aliphatic rings. The van der Waals surface area contributed by atoms with Crippen LogP contribution in [-0.2, 0) is 23.0 Å². The van der Waals surface area contributed by atoms with Gasteiger partial charge in [-0.05, 0) is 92.6 Å². The van der Waals surface area contributed by atoms with Gasteiger partial charge in [0.15, 0.2) is 5.82 Å². The minimum absolute atomic E-state index is 0.00327. The highest BCUT2D eigenvalue weighted by Crippen LogP contribution is 2.40. The Morgan fingerprint density at radius 2 is 1.79 bits per heavy atom. The molecule has 0 saturated carbocycles. The summed E-state index contributed by atoms with van der Waals surface area (Å²) in [6.45, 7) is 4.46. The van der Waals surface area contributed by atoms with Crippen LogP contribution in [0.2, 0.25) is 0 Å². The predicted molar refractivity (Wildman–Crippen MR) is 218 cm³/mol. The molecule has 4 aromatic heterocycles. The van der Waals surface area contributed by atoms with Crippen molar-refractivity contribution < 1.29 is 23.5 Å². The Morgan fingerprint density at radius 1 is 0.931 bits per heavy atom. The van der Waals surface area contributed by atoms with Gasteiger partial charge < -0.3 is 23.9 Å². The molecule has 7 heterocycles. The molecule has 2 fully saturated rings. The highest BCUT2D eigenvalue weighted by atomic mass is 16.5. The van der Waals surface area contributed by atoms with E-state index < -0.39 is 6.03 Å². The molecule has 0 unspecified atom stereocenters. The van der Waals surface area contributed by atoms with E-state index in [-0.39, 0.29) is 42.6 Å². The lowest BCUT2D eigenvalue weighted by Gasteiger charge is -2.33. The molecule has 58 heavy (non-hydrogen) atoms. The van der Waals surface area contributed by atoms with Gasteiger partial charge in [-0.15, -0.1) is 0 Å². The number of aryl methyl sites for hydroxylation is 3. The maximum atomic E-state index is 13.0. The molecule has 0 aliphatic carbocycles. The summed E-state index contributed by atoms with van der Waals surface area (Å²) in [5, 5.41) is 6.83. The Balaban J connectivity index is 0.900. The largest absolute Gasteiger partial charge is 0.462 e. The van der Waals surface area contributed by atoms with E-state index in [9.17, 15) is 19.2 Å². The fraction of sp³-hybridized carbons (Fsp3) is 0.295. The first kappa shape index (κ1) is 36.8. The Bertz CT molecular complexity index is 2760. The van der Waals surface area contributed by atoms with Crippen LogP contribution < -0.4 is 26.0 Å². The lowest BCUT2D eigenvalue weighted by atomic mass is 9.89.